The smallest absolute Gasteiger partial charge is 0.0464 e. The maximum atomic E-state index is 8.87. The SMILES string of the molecule is CC(CO)CSCCCCCSCC(C)CO. The van der Waals surface area contributed by atoms with Crippen molar-refractivity contribution in [3.05, 3.63) is 0 Å². The Labute approximate surface area is 115 Å². The molecule has 0 spiro atoms. The highest BCUT2D eigenvalue weighted by molar-refractivity contribution is 7.99. The summed E-state index contributed by atoms with van der Waals surface area (Å²) in [7, 11) is 0. The summed E-state index contributed by atoms with van der Waals surface area (Å²) in [4.78, 5) is 0. The zero-order chi connectivity index (χ0) is 12.9. The van der Waals surface area contributed by atoms with Crippen molar-refractivity contribution >= 4 is 23.5 Å². The van der Waals surface area contributed by atoms with Crippen LogP contribution in [0.15, 0.2) is 0 Å². The van der Waals surface area contributed by atoms with E-state index in [4.69, 9.17) is 10.2 Å². The molecule has 0 saturated carbocycles. The zero-order valence-corrected chi connectivity index (χ0v) is 12.9. The van der Waals surface area contributed by atoms with Crippen molar-refractivity contribution < 1.29 is 10.2 Å². The van der Waals surface area contributed by atoms with Crippen molar-refractivity contribution in [2.45, 2.75) is 33.1 Å². The summed E-state index contributed by atoms with van der Waals surface area (Å²) in [5, 5.41) is 17.7. The Morgan fingerprint density at radius 3 is 1.53 bits per heavy atom. The largest absolute Gasteiger partial charge is 0.396 e. The van der Waals surface area contributed by atoms with Gasteiger partial charge in [0.2, 0.25) is 0 Å². The van der Waals surface area contributed by atoms with Crippen molar-refractivity contribution in [1.82, 2.24) is 0 Å². The fraction of sp³-hybridized carbons (Fsp3) is 1.00. The van der Waals surface area contributed by atoms with E-state index in [0.29, 0.717) is 25.0 Å². The maximum Gasteiger partial charge on any atom is 0.0464 e. The van der Waals surface area contributed by atoms with Gasteiger partial charge in [-0.2, -0.15) is 23.5 Å². The van der Waals surface area contributed by atoms with E-state index in [1.165, 1.54) is 30.8 Å². The van der Waals surface area contributed by atoms with Gasteiger partial charge in [-0.25, -0.2) is 0 Å². The number of hydrogen-bond acceptors (Lipinski definition) is 4. The van der Waals surface area contributed by atoms with E-state index in [-0.39, 0.29) is 0 Å². The van der Waals surface area contributed by atoms with Gasteiger partial charge in [-0.15, -0.1) is 0 Å². The molecule has 2 unspecified atom stereocenters. The lowest BCUT2D eigenvalue weighted by Gasteiger charge is -2.08. The van der Waals surface area contributed by atoms with Crippen molar-refractivity contribution in [2.75, 3.05) is 36.2 Å². The third-order valence-electron chi connectivity index (χ3n) is 2.51. The Morgan fingerprint density at radius 1 is 0.765 bits per heavy atom. The fourth-order valence-electron chi connectivity index (χ4n) is 1.26. The average Bonchev–Trinajstić information content (AvgIpc) is 2.35. The van der Waals surface area contributed by atoms with Crippen LogP contribution >= 0.6 is 23.5 Å². The first kappa shape index (κ1) is 17.6. The van der Waals surface area contributed by atoms with E-state index < -0.39 is 0 Å². The molecule has 0 aliphatic rings. The van der Waals surface area contributed by atoms with Crippen LogP contribution in [0.2, 0.25) is 0 Å². The molecule has 0 aromatic heterocycles. The quantitative estimate of drug-likeness (QED) is 0.539. The van der Waals surface area contributed by atoms with Gasteiger partial charge in [0, 0.05) is 13.2 Å². The second-order valence-corrected chi connectivity index (χ2v) is 7.09. The van der Waals surface area contributed by atoms with Crippen LogP contribution in [0.4, 0.5) is 0 Å². The van der Waals surface area contributed by atoms with E-state index in [1.54, 1.807) is 0 Å². The van der Waals surface area contributed by atoms with Gasteiger partial charge in [0.1, 0.15) is 0 Å². The molecule has 0 aliphatic carbocycles. The van der Waals surface area contributed by atoms with Crippen LogP contribution in [-0.4, -0.2) is 46.4 Å². The van der Waals surface area contributed by atoms with Gasteiger partial charge in [-0.05, 0) is 47.7 Å². The Kier molecular flexibility index (Phi) is 13.5. The molecule has 17 heavy (non-hydrogen) atoms. The molecule has 0 amide bonds. The molecule has 104 valence electrons. The first-order valence-corrected chi connectivity index (χ1v) is 8.88. The van der Waals surface area contributed by atoms with Gasteiger partial charge in [0.15, 0.2) is 0 Å². The summed E-state index contributed by atoms with van der Waals surface area (Å²) in [5.74, 6) is 5.49. The van der Waals surface area contributed by atoms with Crippen molar-refractivity contribution in [1.29, 1.82) is 0 Å². The molecule has 0 saturated heterocycles. The highest BCUT2D eigenvalue weighted by atomic mass is 32.2. The van der Waals surface area contributed by atoms with E-state index >= 15 is 0 Å². The predicted molar refractivity (Wildman–Crippen MR) is 81.0 cm³/mol. The van der Waals surface area contributed by atoms with Gasteiger partial charge in [-0.3, -0.25) is 0 Å². The summed E-state index contributed by atoms with van der Waals surface area (Å²) >= 11 is 3.92. The maximum absolute atomic E-state index is 8.87. The van der Waals surface area contributed by atoms with Crippen LogP contribution in [0.1, 0.15) is 33.1 Å². The monoisotopic (exact) mass is 280 g/mol. The van der Waals surface area contributed by atoms with Gasteiger partial charge >= 0.3 is 0 Å². The number of aliphatic hydroxyl groups excluding tert-OH is 2. The molecule has 0 heterocycles. The summed E-state index contributed by atoms with van der Waals surface area (Å²) in [6.45, 7) is 4.80. The standard InChI is InChI=1S/C13H28O2S2/c1-12(8-14)10-16-6-4-3-5-7-17-11-13(2)9-15/h12-15H,3-11H2,1-2H3. The summed E-state index contributed by atoms with van der Waals surface area (Å²) in [6.07, 6.45) is 3.89. The van der Waals surface area contributed by atoms with Gasteiger partial charge in [0.25, 0.3) is 0 Å². The van der Waals surface area contributed by atoms with Crippen molar-refractivity contribution in [2.24, 2.45) is 11.8 Å². The summed E-state index contributed by atoms with van der Waals surface area (Å²) in [5.41, 5.74) is 0. The molecule has 2 atom stereocenters. The van der Waals surface area contributed by atoms with E-state index in [0.717, 1.165) is 11.5 Å². The van der Waals surface area contributed by atoms with E-state index in [9.17, 15) is 0 Å². The number of rotatable bonds is 12. The van der Waals surface area contributed by atoms with Crippen LogP contribution in [-0.2, 0) is 0 Å². The van der Waals surface area contributed by atoms with Crippen LogP contribution in [0.5, 0.6) is 0 Å². The second-order valence-electron chi connectivity index (χ2n) is 4.79. The molecule has 2 nitrogen and oxygen atoms in total. The highest BCUT2D eigenvalue weighted by Gasteiger charge is 2.00. The van der Waals surface area contributed by atoms with Crippen LogP contribution < -0.4 is 0 Å². The van der Waals surface area contributed by atoms with Crippen LogP contribution in [0.25, 0.3) is 0 Å². The number of thioether (sulfide) groups is 2. The minimum Gasteiger partial charge on any atom is -0.396 e. The average molecular weight is 280 g/mol. The number of unbranched alkanes of at least 4 members (excludes halogenated alkanes) is 2. The molecule has 2 N–H and O–H groups in total. The second kappa shape index (κ2) is 13.1. The Balaban J connectivity index is 3.04. The van der Waals surface area contributed by atoms with Gasteiger partial charge in [0.05, 0.1) is 0 Å². The minimum absolute atomic E-state index is 0.312. The van der Waals surface area contributed by atoms with E-state index in [2.05, 4.69) is 13.8 Å². The summed E-state index contributed by atoms with van der Waals surface area (Å²) < 4.78 is 0. The minimum atomic E-state index is 0.312. The topological polar surface area (TPSA) is 40.5 Å². The third-order valence-corrected chi connectivity index (χ3v) is 5.27. The molecule has 0 rings (SSSR count). The lowest BCUT2D eigenvalue weighted by molar-refractivity contribution is 0.250. The van der Waals surface area contributed by atoms with Crippen molar-refractivity contribution in [3.8, 4) is 0 Å². The molecule has 0 bridgehead atoms. The Bertz CT molecular complexity index is 140. The Morgan fingerprint density at radius 2 is 1.18 bits per heavy atom. The molecule has 0 radical (unpaired) electrons. The lowest BCUT2D eigenvalue weighted by Crippen LogP contribution is -2.04. The molecule has 0 aromatic rings. The van der Waals surface area contributed by atoms with Gasteiger partial charge in [-0.1, -0.05) is 20.3 Å². The molecular formula is C13H28O2S2. The first-order chi connectivity index (χ1) is 8.20. The molecule has 4 heteroatoms. The van der Waals surface area contributed by atoms with Gasteiger partial charge < -0.3 is 10.2 Å². The summed E-state index contributed by atoms with van der Waals surface area (Å²) in [6, 6.07) is 0. The first-order valence-electron chi connectivity index (χ1n) is 6.57. The molecular weight excluding hydrogens is 252 g/mol. The number of aliphatic hydroxyl groups is 2. The normalized spacial score (nSPS) is 14.8. The fourth-order valence-corrected chi connectivity index (χ4v) is 3.42. The number of hydrogen-bond donors (Lipinski definition) is 2. The van der Waals surface area contributed by atoms with Crippen LogP contribution in [0.3, 0.4) is 0 Å². The zero-order valence-electron chi connectivity index (χ0n) is 11.2. The van der Waals surface area contributed by atoms with Crippen molar-refractivity contribution in [3.63, 3.8) is 0 Å². The van der Waals surface area contributed by atoms with Crippen LogP contribution in [0, 0.1) is 11.8 Å². The highest BCUT2D eigenvalue weighted by Crippen LogP contribution is 2.14. The van der Waals surface area contributed by atoms with E-state index in [1.807, 2.05) is 23.5 Å². The predicted octanol–water partition coefficient (Wildman–Crippen LogP) is 2.88. The molecule has 0 aromatic carbocycles. The third kappa shape index (κ3) is 12.9. The lowest BCUT2D eigenvalue weighted by atomic mass is 10.2. The molecule has 0 fully saturated rings. The molecule has 0 aliphatic heterocycles. The Hall–Kier alpha value is 0.620.